The normalized spacial score (nSPS) is 12.5. The van der Waals surface area contributed by atoms with Gasteiger partial charge in [0.05, 0.1) is 12.6 Å². The molecule has 0 saturated heterocycles. The minimum Gasteiger partial charge on any atom is -0.333 e. The van der Waals surface area contributed by atoms with E-state index in [1.54, 1.807) is 11.3 Å². The zero-order valence-corrected chi connectivity index (χ0v) is 15.9. The maximum Gasteiger partial charge on any atom is 0.321 e. The van der Waals surface area contributed by atoms with Gasteiger partial charge in [-0.25, -0.2) is 4.79 Å². The summed E-state index contributed by atoms with van der Waals surface area (Å²) in [5.74, 6) is -0.365. The minimum absolute atomic E-state index is 0.0496. The molecule has 0 saturated carbocycles. The third-order valence-corrected chi connectivity index (χ3v) is 4.38. The highest BCUT2D eigenvalue weighted by Gasteiger charge is 2.18. The molecule has 0 unspecified atom stereocenters. The van der Waals surface area contributed by atoms with E-state index in [9.17, 15) is 9.59 Å². The van der Waals surface area contributed by atoms with Crippen LogP contribution in [-0.4, -0.2) is 24.0 Å². The minimum atomic E-state index is -0.484. The highest BCUT2D eigenvalue weighted by atomic mass is 32.1. The highest BCUT2D eigenvalue weighted by Crippen LogP contribution is 2.26. The van der Waals surface area contributed by atoms with Gasteiger partial charge in [-0.05, 0) is 44.7 Å². The number of rotatable bonds is 5. The van der Waals surface area contributed by atoms with Gasteiger partial charge >= 0.3 is 6.03 Å². The Labute approximate surface area is 152 Å². The summed E-state index contributed by atoms with van der Waals surface area (Å²) in [6.45, 7) is 7.67. The van der Waals surface area contributed by atoms with E-state index in [1.807, 2.05) is 45.2 Å². The molecule has 0 aliphatic rings. The number of amides is 3. The van der Waals surface area contributed by atoms with Gasteiger partial charge in [0, 0.05) is 10.4 Å². The largest absolute Gasteiger partial charge is 0.333 e. The van der Waals surface area contributed by atoms with Gasteiger partial charge in [-0.1, -0.05) is 35.9 Å². The Balaban J connectivity index is 2.00. The van der Waals surface area contributed by atoms with Crippen LogP contribution in [0.15, 0.2) is 41.8 Å². The Morgan fingerprint density at radius 3 is 2.36 bits per heavy atom. The van der Waals surface area contributed by atoms with Crippen molar-refractivity contribution in [3.8, 4) is 0 Å². The molecule has 0 radical (unpaired) electrons. The maximum atomic E-state index is 12.1. The van der Waals surface area contributed by atoms with E-state index in [0.29, 0.717) is 0 Å². The predicted molar refractivity (Wildman–Crippen MR) is 102 cm³/mol. The second-order valence-electron chi connectivity index (χ2n) is 6.99. The van der Waals surface area contributed by atoms with Crippen LogP contribution in [0.4, 0.5) is 4.79 Å². The third-order valence-electron chi connectivity index (χ3n) is 3.45. The molecule has 2 rings (SSSR count). The van der Waals surface area contributed by atoms with Crippen LogP contribution in [0.2, 0.25) is 0 Å². The summed E-state index contributed by atoms with van der Waals surface area (Å²) >= 11 is 1.63. The van der Waals surface area contributed by atoms with Crippen molar-refractivity contribution in [1.82, 2.24) is 16.0 Å². The van der Waals surface area contributed by atoms with Crippen LogP contribution < -0.4 is 16.0 Å². The number of imide groups is 1. The van der Waals surface area contributed by atoms with Gasteiger partial charge in [-0.15, -0.1) is 11.3 Å². The first-order valence-corrected chi connectivity index (χ1v) is 9.08. The van der Waals surface area contributed by atoms with Crippen LogP contribution in [0, 0.1) is 6.92 Å². The molecule has 0 fully saturated rings. The molecule has 25 heavy (non-hydrogen) atoms. The maximum absolute atomic E-state index is 12.1. The summed E-state index contributed by atoms with van der Waals surface area (Å²) in [6, 6.07) is 11.7. The SMILES string of the molecule is Cc1ccc([C@H](NCC(=O)NC(=O)NC(C)(C)C)c2cccs2)cc1. The first kappa shape index (κ1) is 19.1. The van der Waals surface area contributed by atoms with Gasteiger partial charge in [0.1, 0.15) is 0 Å². The number of carbonyl (C=O) groups is 2. The average Bonchev–Trinajstić information content (AvgIpc) is 3.01. The fourth-order valence-electron chi connectivity index (χ4n) is 2.33. The van der Waals surface area contributed by atoms with Crippen molar-refractivity contribution in [2.45, 2.75) is 39.3 Å². The molecule has 0 aliphatic carbocycles. The van der Waals surface area contributed by atoms with E-state index < -0.39 is 6.03 Å². The first-order valence-electron chi connectivity index (χ1n) is 8.20. The summed E-state index contributed by atoms with van der Waals surface area (Å²) in [6.07, 6.45) is 0. The quantitative estimate of drug-likeness (QED) is 0.767. The Kier molecular flexibility index (Phi) is 6.33. The summed E-state index contributed by atoms with van der Waals surface area (Å²) in [5.41, 5.74) is 1.88. The van der Waals surface area contributed by atoms with Crippen LogP contribution in [0.1, 0.15) is 42.8 Å². The van der Waals surface area contributed by atoms with Crippen molar-refractivity contribution >= 4 is 23.3 Å². The Morgan fingerprint density at radius 2 is 1.80 bits per heavy atom. The number of hydrogen-bond acceptors (Lipinski definition) is 4. The lowest BCUT2D eigenvalue weighted by Gasteiger charge is -2.21. The monoisotopic (exact) mass is 359 g/mol. The first-order chi connectivity index (χ1) is 11.7. The molecule has 3 N–H and O–H groups in total. The van der Waals surface area contributed by atoms with Gasteiger partial charge in [0.2, 0.25) is 5.91 Å². The molecule has 0 bridgehead atoms. The molecule has 1 aromatic heterocycles. The van der Waals surface area contributed by atoms with E-state index in [-0.39, 0.29) is 24.0 Å². The van der Waals surface area contributed by atoms with Gasteiger partial charge in [0.25, 0.3) is 0 Å². The standard InChI is InChI=1S/C19H25N3O2S/c1-13-7-9-14(10-8-13)17(15-6-5-11-25-15)20-12-16(23)21-18(24)22-19(2,3)4/h5-11,17,20H,12H2,1-4H3,(H2,21,22,23,24)/t17-/m0/s1. The molecule has 134 valence electrons. The van der Waals surface area contributed by atoms with Crippen molar-refractivity contribution in [3.63, 3.8) is 0 Å². The summed E-state index contributed by atoms with van der Waals surface area (Å²) < 4.78 is 0. The molecule has 2 aromatic rings. The Morgan fingerprint density at radius 1 is 1.12 bits per heavy atom. The van der Waals surface area contributed by atoms with E-state index in [2.05, 4.69) is 40.2 Å². The lowest BCUT2D eigenvalue weighted by molar-refractivity contribution is -0.119. The van der Waals surface area contributed by atoms with Crippen LogP contribution in [0.25, 0.3) is 0 Å². The van der Waals surface area contributed by atoms with E-state index >= 15 is 0 Å². The van der Waals surface area contributed by atoms with E-state index in [4.69, 9.17) is 0 Å². The summed E-state index contributed by atoms with van der Waals surface area (Å²) in [7, 11) is 0. The number of nitrogens with one attached hydrogen (secondary N) is 3. The van der Waals surface area contributed by atoms with Gasteiger partial charge in [0.15, 0.2) is 0 Å². The number of hydrogen-bond donors (Lipinski definition) is 3. The fourth-order valence-corrected chi connectivity index (χ4v) is 3.16. The van der Waals surface area contributed by atoms with Crippen LogP contribution >= 0.6 is 11.3 Å². The van der Waals surface area contributed by atoms with Crippen molar-refractivity contribution in [3.05, 3.63) is 57.8 Å². The molecule has 3 amide bonds. The van der Waals surface area contributed by atoms with Crippen LogP contribution in [0.3, 0.4) is 0 Å². The molecular weight excluding hydrogens is 334 g/mol. The summed E-state index contributed by atoms with van der Waals surface area (Å²) in [5, 5.41) is 10.3. The Hall–Kier alpha value is -2.18. The molecule has 0 aliphatic heterocycles. The zero-order valence-electron chi connectivity index (χ0n) is 15.1. The topological polar surface area (TPSA) is 70.2 Å². The third kappa shape index (κ3) is 6.32. The lowest BCUT2D eigenvalue weighted by atomic mass is 10.0. The van der Waals surface area contributed by atoms with Crippen molar-refractivity contribution in [2.75, 3.05) is 6.54 Å². The van der Waals surface area contributed by atoms with Crippen LogP contribution in [0.5, 0.6) is 0 Å². The zero-order chi connectivity index (χ0) is 18.4. The molecule has 6 heteroatoms. The molecule has 1 heterocycles. The number of urea groups is 1. The van der Waals surface area contributed by atoms with Gasteiger partial charge in [-0.3, -0.25) is 15.4 Å². The smallest absolute Gasteiger partial charge is 0.321 e. The molecular formula is C19H25N3O2S. The molecule has 1 atom stereocenters. The number of aryl methyl sites for hydroxylation is 1. The molecule has 1 aromatic carbocycles. The van der Waals surface area contributed by atoms with Crippen molar-refractivity contribution in [2.24, 2.45) is 0 Å². The predicted octanol–water partition coefficient (Wildman–Crippen LogP) is 3.36. The van der Waals surface area contributed by atoms with Crippen molar-refractivity contribution in [1.29, 1.82) is 0 Å². The second kappa shape index (κ2) is 8.27. The fraction of sp³-hybridized carbons (Fsp3) is 0.368. The summed E-state index contributed by atoms with van der Waals surface area (Å²) in [4.78, 5) is 25.0. The van der Waals surface area contributed by atoms with E-state index in [0.717, 1.165) is 10.4 Å². The Bertz CT molecular complexity index is 703. The average molecular weight is 359 g/mol. The van der Waals surface area contributed by atoms with Crippen molar-refractivity contribution < 1.29 is 9.59 Å². The lowest BCUT2D eigenvalue weighted by Crippen LogP contribution is -2.50. The number of carbonyl (C=O) groups excluding carboxylic acids is 2. The van der Waals surface area contributed by atoms with Crippen LogP contribution in [-0.2, 0) is 4.79 Å². The van der Waals surface area contributed by atoms with Gasteiger partial charge in [-0.2, -0.15) is 0 Å². The van der Waals surface area contributed by atoms with Gasteiger partial charge < -0.3 is 5.32 Å². The molecule has 5 nitrogen and oxygen atoms in total. The molecule has 0 spiro atoms. The van der Waals surface area contributed by atoms with E-state index in [1.165, 1.54) is 5.56 Å². The number of thiophene rings is 1. The number of benzene rings is 1. The second-order valence-corrected chi connectivity index (χ2v) is 7.97. The highest BCUT2D eigenvalue weighted by molar-refractivity contribution is 7.10.